The standard InChI is InChI=1S/C20H23N5O2/c1-14-18(27-15(2)23-14)20(26)24-9-5-17(6-10-24)19-22-8-11-25(19)13-16-4-3-7-21-12-16/h3-4,7-8,11-12,17H,5-6,9-10,13H2,1-2H3. The van der Waals surface area contributed by atoms with Gasteiger partial charge < -0.3 is 13.9 Å². The largest absolute Gasteiger partial charge is 0.436 e. The van der Waals surface area contributed by atoms with E-state index >= 15 is 0 Å². The topological polar surface area (TPSA) is 77.1 Å². The van der Waals surface area contributed by atoms with Gasteiger partial charge in [-0.1, -0.05) is 6.07 Å². The van der Waals surface area contributed by atoms with Crippen molar-refractivity contribution in [3.8, 4) is 0 Å². The summed E-state index contributed by atoms with van der Waals surface area (Å²) in [6.07, 6.45) is 9.31. The molecule has 4 heterocycles. The van der Waals surface area contributed by atoms with Gasteiger partial charge in [-0.05, 0) is 31.4 Å². The van der Waals surface area contributed by atoms with Crippen molar-refractivity contribution in [3.05, 3.63) is 65.7 Å². The smallest absolute Gasteiger partial charge is 0.291 e. The molecule has 0 bridgehead atoms. The molecule has 1 aliphatic rings. The summed E-state index contributed by atoms with van der Waals surface area (Å²) in [6, 6.07) is 4.02. The van der Waals surface area contributed by atoms with E-state index in [9.17, 15) is 4.79 Å². The first-order chi connectivity index (χ1) is 13.1. The van der Waals surface area contributed by atoms with E-state index in [1.54, 1.807) is 13.1 Å². The quantitative estimate of drug-likeness (QED) is 0.710. The number of likely N-dealkylation sites (tertiary alicyclic amines) is 1. The van der Waals surface area contributed by atoms with Crippen molar-refractivity contribution in [1.82, 2.24) is 24.4 Å². The fraction of sp³-hybridized carbons (Fsp3) is 0.400. The van der Waals surface area contributed by atoms with E-state index in [1.807, 2.05) is 36.5 Å². The summed E-state index contributed by atoms with van der Waals surface area (Å²) in [6.45, 7) is 5.73. The number of hydrogen-bond acceptors (Lipinski definition) is 5. The van der Waals surface area contributed by atoms with Crippen LogP contribution in [0.1, 0.15) is 52.3 Å². The number of aromatic nitrogens is 4. The summed E-state index contributed by atoms with van der Waals surface area (Å²) >= 11 is 0. The van der Waals surface area contributed by atoms with Crippen molar-refractivity contribution in [2.24, 2.45) is 0 Å². The number of carbonyl (C=O) groups excluding carboxylic acids is 1. The number of carbonyl (C=O) groups is 1. The van der Waals surface area contributed by atoms with Crippen LogP contribution >= 0.6 is 0 Å². The normalized spacial score (nSPS) is 15.3. The third-order valence-electron chi connectivity index (χ3n) is 5.07. The third-order valence-corrected chi connectivity index (χ3v) is 5.07. The Balaban J connectivity index is 1.42. The second-order valence-corrected chi connectivity index (χ2v) is 6.99. The zero-order valence-electron chi connectivity index (χ0n) is 15.6. The highest BCUT2D eigenvalue weighted by atomic mass is 16.4. The highest BCUT2D eigenvalue weighted by Gasteiger charge is 2.29. The maximum absolute atomic E-state index is 12.7. The van der Waals surface area contributed by atoms with Crippen molar-refractivity contribution in [2.45, 2.75) is 39.2 Å². The Morgan fingerprint density at radius 1 is 1.26 bits per heavy atom. The van der Waals surface area contributed by atoms with Crippen molar-refractivity contribution in [2.75, 3.05) is 13.1 Å². The van der Waals surface area contributed by atoms with E-state index in [-0.39, 0.29) is 5.91 Å². The summed E-state index contributed by atoms with van der Waals surface area (Å²) in [5.74, 6) is 2.26. The van der Waals surface area contributed by atoms with Crippen LogP contribution in [0, 0.1) is 13.8 Å². The van der Waals surface area contributed by atoms with E-state index in [2.05, 4.69) is 25.6 Å². The van der Waals surface area contributed by atoms with Gasteiger partial charge in [-0.3, -0.25) is 9.78 Å². The first-order valence-corrected chi connectivity index (χ1v) is 9.25. The molecule has 140 valence electrons. The first-order valence-electron chi connectivity index (χ1n) is 9.25. The lowest BCUT2D eigenvalue weighted by molar-refractivity contribution is 0.0676. The molecule has 1 aliphatic heterocycles. The number of aryl methyl sites for hydroxylation is 2. The molecule has 0 aromatic carbocycles. The van der Waals surface area contributed by atoms with Gasteiger partial charge in [0.2, 0.25) is 5.76 Å². The van der Waals surface area contributed by atoms with Crippen LogP contribution in [0.4, 0.5) is 0 Å². The van der Waals surface area contributed by atoms with Crippen LogP contribution in [0.25, 0.3) is 0 Å². The van der Waals surface area contributed by atoms with Gasteiger partial charge >= 0.3 is 0 Å². The molecule has 0 saturated carbocycles. The van der Waals surface area contributed by atoms with E-state index in [4.69, 9.17) is 4.42 Å². The minimum absolute atomic E-state index is 0.0646. The van der Waals surface area contributed by atoms with Gasteiger partial charge in [0.25, 0.3) is 5.91 Å². The van der Waals surface area contributed by atoms with E-state index in [0.717, 1.165) is 30.8 Å². The average molecular weight is 365 g/mol. The van der Waals surface area contributed by atoms with Gasteiger partial charge in [-0.15, -0.1) is 0 Å². The number of rotatable bonds is 4. The summed E-state index contributed by atoms with van der Waals surface area (Å²) < 4.78 is 7.67. The zero-order chi connectivity index (χ0) is 18.8. The van der Waals surface area contributed by atoms with Gasteiger partial charge in [-0.2, -0.15) is 0 Å². The predicted molar refractivity (Wildman–Crippen MR) is 99.4 cm³/mol. The van der Waals surface area contributed by atoms with Crippen LogP contribution in [0.15, 0.2) is 41.3 Å². The molecule has 0 atom stereocenters. The average Bonchev–Trinajstić information content (AvgIpc) is 3.28. The highest BCUT2D eigenvalue weighted by molar-refractivity contribution is 5.92. The summed E-state index contributed by atoms with van der Waals surface area (Å²) in [5.41, 5.74) is 1.81. The van der Waals surface area contributed by atoms with Crippen LogP contribution in [-0.2, 0) is 6.54 Å². The Kier molecular flexibility index (Phi) is 4.75. The summed E-state index contributed by atoms with van der Waals surface area (Å²) in [5, 5.41) is 0. The molecule has 7 heteroatoms. The molecular weight excluding hydrogens is 342 g/mol. The molecule has 3 aromatic rings. The number of oxazole rings is 1. The Bertz CT molecular complexity index is 923. The molecule has 0 spiro atoms. The fourth-order valence-corrected chi connectivity index (χ4v) is 3.72. The monoisotopic (exact) mass is 365 g/mol. The summed E-state index contributed by atoms with van der Waals surface area (Å²) in [7, 11) is 0. The SMILES string of the molecule is Cc1nc(C)c(C(=O)N2CCC(c3nccn3Cc3cccnc3)CC2)o1. The predicted octanol–water partition coefficient (Wildman–Crippen LogP) is 2.95. The molecule has 3 aromatic heterocycles. The van der Waals surface area contributed by atoms with Crippen LogP contribution in [0.5, 0.6) is 0 Å². The Morgan fingerprint density at radius 2 is 2.07 bits per heavy atom. The van der Waals surface area contributed by atoms with Gasteiger partial charge in [-0.25, -0.2) is 9.97 Å². The lowest BCUT2D eigenvalue weighted by atomic mass is 9.95. The molecule has 1 saturated heterocycles. The number of imidazole rings is 1. The maximum Gasteiger partial charge on any atom is 0.291 e. The van der Waals surface area contributed by atoms with Crippen molar-refractivity contribution >= 4 is 5.91 Å². The van der Waals surface area contributed by atoms with Crippen molar-refractivity contribution in [1.29, 1.82) is 0 Å². The molecule has 27 heavy (non-hydrogen) atoms. The number of nitrogens with zero attached hydrogens (tertiary/aromatic N) is 5. The number of pyridine rings is 1. The van der Waals surface area contributed by atoms with E-state index in [1.165, 1.54) is 0 Å². The van der Waals surface area contributed by atoms with Crippen molar-refractivity contribution < 1.29 is 9.21 Å². The molecule has 7 nitrogen and oxygen atoms in total. The molecular formula is C20H23N5O2. The molecule has 0 N–H and O–H groups in total. The maximum atomic E-state index is 12.7. The number of amides is 1. The Morgan fingerprint density at radius 3 is 2.74 bits per heavy atom. The zero-order valence-corrected chi connectivity index (χ0v) is 15.6. The third kappa shape index (κ3) is 3.63. The van der Waals surface area contributed by atoms with Crippen LogP contribution < -0.4 is 0 Å². The second-order valence-electron chi connectivity index (χ2n) is 6.99. The molecule has 0 unspecified atom stereocenters. The van der Waals surface area contributed by atoms with Gasteiger partial charge in [0.1, 0.15) is 5.82 Å². The fourth-order valence-electron chi connectivity index (χ4n) is 3.72. The minimum Gasteiger partial charge on any atom is -0.436 e. The molecule has 1 amide bonds. The van der Waals surface area contributed by atoms with Gasteiger partial charge in [0.05, 0.1) is 12.2 Å². The molecule has 1 fully saturated rings. The minimum atomic E-state index is -0.0646. The number of hydrogen-bond donors (Lipinski definition) is 0. The van der Waals surface area contributed by atoms with E-state index < -0.39 is 0 Å². The lowest BCUT2D eigenvalue weighted by Crippen LogP contribution is -2.38. The Labute approximate surface area is 158 Å². The second kappa shape index (κ2) is 7.34. The van der Waals surface area contributed by atoms with Crippen LogP contribution in [0.2, 0.25) is 0 Å². The van der Waals surface area contributed by atoms with E-state index in [0.29, 0.717) is 36.4 Å². The molecule has 4 rings (SSSR count). The van der Waals surface area contributed by atoms with Gasteiger partial charge in [0.15, 0.2) is 5.89 Å². The highest BCUT2D eigenvalue weighted by Crippen LogP contribution is 2.28. The Hall–Kier alpha value is -2.96. The summed E-state index contributed by atoms with van der Waals surface area (Å²) in [4.78, 5) is 27.5. The van der Waals surface area contributed by atoms with Crippen molar-refractivity contribution in [3.63, 3.8) is 0 Å². The van der Waals surface area contributed by atoms with Gasteiger partial charge in [0, 0.05) is 50.7 Å². The first kappa shape index (κ1) is 17.5. The van der Waals surface area contributed by atoms with Crippen LogP contribution in [-0.4, -0.2) is 43.4 Å². The lowest BCUT2D eigenvalue weighted by Gasteiger charge is -2.31. The van der Waals surface area contributed by atoms with Crippen LogP contribution in [0.3, 0.4) is 0 Å². The molecule has 0 radical (unpaired) electrons. The number of piperidine rings is 1. The molecule has 0 aliphatic carbocycles.